The van der Waals surface area contributed by atoms with Gasteiger partial charge in [-0.15, -0.1) is 0 Å². The van der Waals surface area contributed by atoms with Crippen LogP contribution in [0.4, 0.5) is 11.4 Å². The molecule has 1 aromatic rings. The largest absolute Gasteiger partial charge is 0.381 e. The topological polar surface area (TPSA) is 15.3 Å². The van der Waals surface area contributed by atoms with Crippen LogP contribution in [-0.2, 0) is 6.42 Å². The molecule has 1 unspecified atom stereocenters. The lowest BCUT2D eigenvalue weighted by atomic mass is 10.1. The lowest BCUT2D eigenvalue weighted by Gasteiger charge is -2.16. The van der Waals surface area contributed by atoms with Crippen molar-refractivity contribution in [3.63, 3.8) is 0 Å². The highest BCUT2D eigenvalue weighted by atomic mass is 32.2. The lowest BCUT2D eigenvalue weighted by Crippen LogP contribution is -2.18. The maximum Gasteiger partial charge on any atom is 0.0417 e. The Morgan fingerprint density at radius 3 is 3.19 bits per heavy atom. The van der Waals surface area contributed by atoms with E-state index in [9.17, 15) is 0 Å². The minimum Gasteiger partial charge on any atom is -0.381 e. The molecule has 1 N–H and O–H groups in total. The molecule has 0 amide bonds. The van der Waals surface area contributed by atoms with Gasteiger partial charge in [-0.2, -0.15) is 11.8 Å². The highest BCUT2D eigenvalue weighted by Gasteiger charge is 2.18. The molecule has 0 radical (unpaired) electrons. The van der Waals surface area contributed by atoms with E-state index in [1.807, 2.05) is 0 Å². The fourth-order valence-electron chi connectivity index (χ4n) is 2.51. The van der Waals surface area contributed by atoms with Gasteiger partial charge in [0.1, 0.15) is 0 Å². The summed E-state index contributed by atoms with van der Waals surface area (Å²) in [7, 11) is 2.18. The molecule has 1 aromatic carbocycles. The number of hydrogen-bond donors (Lipinski definition) is 1. The van der Waals surface area contributed by atoms with Crippen molar-refractivity contribution in [3.8, 4) is 0 Å². The van der Waals surface area contributed by atoms with Crippen LogP contribution < -0.4 is 10.2 Å². The molecule has 2 aliphatic heterocycles. The third kappa shape index (κ3) is 1.88. The van der Waals surface area contributed by atoms with Crippen molar-refractivity contribution < 1.29 is 0 Å². The standard InChI is InChI=1S/C13H18N2S/c1-15-6-4-10-2-3-11(8-13(10)15)14-12-5-7-16-9-12/h2-3,8,12,14H,4-7,9H2,1H3. The molecule has 0 bridgehead atoms. The van der Waals surface area contributed by atoms with Crippen LogP contribution >= 0.6 is 11.8 Å². The minimum atomic E-state index is 0.676. The summed E-state index contributed by atoms with van der Waals surface area (Å²) in [6, 6.07) is 7.50. The molecular formula is C13H18N2S. The van der Waals surface area contributed by atoms with E-state index < -0.39 is 0 Å². The van der Waals surface area contributed by atoms with Gasteiger partial charge in [0.2, 0.25) is 0 Å². The molecular weight excluding hydrogens is 216 g/mol. The van der Waals surface area contributed by atoms with Crippen LogP contribution in [0, 0.1) is 0 Å². The monoisotopic (exact) mass is 234 g/mol. The van der Waals surface area contributed by atoms with Crippen LogP contribution in [0.2, 0.25) is 0 Å². The smallest absolute Gasteiger partial charge is 0.0417 e. The zero-order valence-electron chi connectivity index (χ0n) is 9.70. The SMILES string of the molecule is CN1CCc2ccc(NC3CCSC3)cc21. The Bertz CT molecular complexity index is 386. The number of anilines is 2. The van der Waals surface area contributed by atoms with E-state index in [1.165, 1.54) is 41.3 Å². The van der Waals surface area contributed by atoms with Crippen molar-refractivity contribution in [2.75, 3.05) is 35.3 Å². The van der Waals surface area contributed by atoms with Crippen molar-refractivity contribution in [3.05, 3.63) is 23.8 Å². The van der Waals surface area contributed by atoms with Gasteiger partial charge in [-0.05, 0) is 36.3 Å². The first-order valence-electron chi connectivity index (χ1n) is 6.01. The van der Waals surface area contributed by atoms with Crippen LogP contribution in [0.5, 0.6) is 0 Å². The van der Waals surface area contributed by atoms with Crippen LogP contribution in [0.15, 0.2) is 18.2 Å². The molecule has 1 saturated heterocycles. The van der Waals surface area contributed by atoms with Gasteiger partial charge >= 0.3 is 0 Å². The molecule has 86 valence electrons. The Morgan fingerprint density at radius 2 is 2.38 bits per heavy atom. The molecule has 3 rings (SSSR count). The predicted octanol–water partition coefficient (Wildman–Crippen LogP) is 2.60. The summed E-state index contributed by atoms with van der Waals surface area (Å²) in [4.78, 5) is 2.35. The zero-order valence-corrected chi connectivity index (χ0v) is 10.5. The molecule has 0 aliphatic carbocycles. The van der Waals surface area contributed by atoms with Crippen LogP contribution in [-0.4, -0.2) is 31.1 Å². The molecule has 2 aliphatic rings. The first kappa shape index (κ1) is 10.3. The number of benzene rings is 1. The fourth-order valence-corrected chi connectivity index (χ4v) is 3.67. The third-order valence-electron chi connectivity index (χ3n) is 3.51. The molecule has 1 fully saturated rings. The van der Waals surface area contributed by atoms with E-state index in [4.69, 9.17) is 0 Å². The summed E-state index contributed by atoms with van der Waals surface area (Å²) in [5.74, 6) is 2.56. The highest BCUT2D eigenvalue weighted by Crippen LogP contribution is 2.30. The Kier molecular flexibility index (Phi) is 2.72. The number of fused-ring (bicyclic) bond motifs is 1. The second-order valence-electron chi connectivity index (χ2n) is 4.72. The summed E-state index contributed by atoms with van der Waals surface area (Å²) in [6.07, 6.45) is 2.50. The van der Waals surface area contributed by atoms with Crippen LogP contribution in [0.1, 0.15) is 12.0 Å². The van der Waals surface area contributed by atoms with E-state index in [1.54, 1.807) is 0 Å². The third-order valence-corrected chi connectivity index (χ3v) is 4.68. The number of likely N-dealkylation sites (N-methyl/N-ethyl adjacent to an activating group) is 1. The second-order valence-corrected chi connectivity index (χ2v) is 5.87. The molecule has 0 saturated carbocycles. The number of rotatable bonds is 2. The average molecular weight is 234 g/mol. The first-order chi connectivity index (χ1) is 7.83. The van der Waals surface area contributed by atoms with E-state index >= 15 is 0 Å². The van der Waals surface area contributed by atoms with E-state index in [-0.39, 0.29) is 0 Å². The maximum atomic E-state index is 3.64. The summed E-state index contributed by atoms with van der Waals surface area (Å²) in [5.41, 5.74) is 4.20. The molecule has 0 spiro atoms. The fraction of sp³-hybridized carbons (Fsp3) is 0.538. The number of nitrogens with one attached hydrogen (secondary N) is 1. The normalized spacial score (nSPS) is 23.6. The van der Waals surface area contributed by atoms with Gasteiger partial charge in [0.15, 0.2) is 0 Å². The molecule has 0 aromatic heterocycles. The number of nitrogens with zero attached hydrogens (tertiary/aromatic N) is 1. The van der Waals surface area contributed by atoms with Crippen LogP contribution in [0.25, 0.3) is 0 Å². The minimum absolute atomic E-state index is 0.676. The van der Waals surface area contributed by atoms with Gasteiger partial charge < -0.3 is 10.2 Å². The van der Waals surface area contributed by atoms with E-state index in [0.717, 1.165) is 6.54 Å². The summed E-state index contributed by atoms with van der Waals surface area (Å²) in [6.45, 7) is 1.16. The van der Waals surface area contributed by atoms with Crippen LogP contribution in [0.3, 0.4) is 0 Å². The summed E-state index contributed by atoms with van der Waals surface area (Å²) in [5, 5.41) is 3.64. The predicted molar refractivity (Wildman–Crippen MR) is 72.8 cm³/mol. The lowest BCUT2D eigenvalue weighted by molar-refractivity contribution is 0.813. The average Bonchev–Trinajstić information content (AvgIpc) is 2.90. The Morgan fingerprint density at radius 1 is 1.44 bits per heavy atom. The maximum absolute atomic E-state index is 3.64. The van der Waals surface area contributed by atoms with Crippen molar-refractivity contribution in [2.45, 2.75) is 18.9 Å². The highest BCUT2D eigenvalue weighted by molar-refractivity contribution is 7.99. The Hall–Kier alpha value is -0.830. The number of hydrogen-bond acceptors (Lipinski definition) is 3. The summed E-state index contributed by atoms with van der Waals surface area (Å²) >= 11 is 2.05. The van der Waals surface area contributed by atoms with Gasteiger partial charge in [0.05, 0.1) is 0 Å². The first-order valence-corrected chi connectivity index (χ1v) is 7.17. The van der Waals surface area contributed by atoms with Crippen molar-refractivity contribution in [2.24, 2.45) is 0 Å². The summed E-state index contributed by atoms with van der Waals surface area (Å²) < 4.78 is 0. The Labute approximate surface area is 101 Å². The zero-order chi connectivity index (χ0) is 11.0. The molecule has 2 heterocycles. The van der Waals surface area contributed by atoms with Crippen molar-refractivity contribution in [1.29, 1.82) is 0 Å². The Balaban J connectivity index is 1.78. The molecule has 16 heavy (non-hydrogen) atoms. The van der Waals surface area contributed by atoms with Gasteiger partial charge in [0, 0.05) is 36.8 Å². The van der Waals surface area contributed by atoms with Gasteiger partial charge in [0.25, 0.3) is 0 Å². The van der Waals surface area contributed by atoms with E-state index in [0.29, 0.717) is 6.04 Å². The second kappa shape index (κ2) is 4.21. The van der Waals surface area contributed by atoms with Gasteiger partial charge in [-0.25, -0.2) is 0 Å². The molecule has 1 atom stereocenters. The molecule has 3 heteroatoms. The van der Waals surface area contributed by atoms with E-state index in [2.05, 4.69) is 47.2 Å². The number of thioether (sulfide) groups is 1. The quantitative estimate of drug-likeness (QED) is 0.847. The van der Waals surface area contributed by atoms with Crippen molar-refractivity contribution in [1.82, 2.24) is 0 Å². The van der Waals surface area contributed by atoms with Gasteiger partial charge in [-0.3, -0.25) is 0 Å². The van der Waals surface area contributed by atoms with Crippen molar-refractivity contribution >= 4 is 23.1 Å². The molecule has 2 nitrogen and oxygen atoms in total. The van der Waals surface area contributed by atoms with Gasteiger partial charge in [-0.1, -0.05) is 6.07 Å².